The average Bonchev–Trinajstić information content (AvgIpc) is 3.04. The van der Waals surface area contributed by atoms with Gasteiger partial charge >= 0.3 is 0 Å². The molecular weight excluding hydrogens is 330 g/mol. The van der Waals surface area contributed by atoms with Crippen molar-refractivity contribution in [2.75, 3.05) is 12.4 Å². The summed E-state index contributed by atoms with van der Waals surface area (Å²) in [7, 11) is 3.41. The zero-order valence-corrected chi connectivity index (χ0v) is 14.8. The number of Topliss-reactive ketones (excluding diaryl/α,β-unsaturated/α-hetero) is 1. The summed E-state index contributed by atoms with van der Waals surface area (Å²) >= 11 is 0. The van der Waals surface area contributed by atoms with Crippen LogP contribution in [0, 0.1) is 0 Å². The predicted octanol–water partition coefficient (Wildman–Crippen LogP) is 3.55. The number of aromatic nitrogens is 2. The van der Waals surface area contributed by atoms with Gasteiger partial charge in [-0.25, -0.2) is 0 Å². The van der Waals surface area contributed by atoms with Crippen LogP contribution >= 0.6 is 0 Å². The van der Waals surface area contributed by atoms with Crippen LogP contribution in [0.1, 0.15) is 27.8 Å². The van der Waals surface area contributed by atoms with Gasteiger partial charge in [0, 0.05) is 23.9 Å². The molecule has 0 aliphatic heterocycles. The number of carbonyl (C=O) groups excluding carboxylic acids is 2. The van der Waals surface area contributed by atoms with E-state index in [1.165, 1.54) is 6.92 Å². The molecule has 0 fully saturated rings. The molecule has 0 atom stereocenters. The number of amides is 1. The molecule has 1 N–H and O–H groups in total. The molecule has 0 saturated heterocycles. The number of methoxy groups -OCH3 is 1. The number of benzene rings is 2. The Kier molecular flexibility index (Phi) is 4.84. The monoisotopic (exact) mass is 349 g/mol. The number of nitrogens with one attached hydrogen (secondary N) is 1. The zero-order valence-electron chi connectivity index (χ0n) is 14.8. The number of anilines is 1. The highest BCUT2D eigenvalue weighted by Crippen LogP contribution is 2.23. The summed E-state index contributed by atoms with van der Waals surface area (Å²) in [6, 6.07) is 16.0. The number of nitrogens with zero attached hydrogens (tertiary/aromatic N) is 2. The topological polar surface area (TPSA) is 73.2 Å². The van der Waals surface area contributed by atoms with E-state index in [0.29, 0.717) is 16.9 Å². The van der Waals surface area contributed by atoms with Gasteiger partial charge in [-0.3, -0.25) is 14.3 Å². The smallest absolute Gasteiger partial charge is 0.276 e. The Hall–Kier alpha value is -3.41. The van der Waals surface area contributed by atoms with Gasteiger partial charge < -0.3 is 10.1 Å². The van der Waals surface area contributed by atoms with E-state index in [2.05, 4.69) is 10.4 Å². The predicted molar refractivity (Wildman–Crippen MR) is 99.6 cm³/mol. The van der Waals surface area contributed by atoms with Gasteiger partial charge in [0.1, 0.15) is 5.75 Å². The van der Waals surface area contributed by atoms with Crippen LogP contribution in [-0.4, -0.2) is 28.6 Å². The molecule has 1 heterocycles. The second-order valence-corrected chi connectivity index (χ2v) is 5.85. The maximum atomic E-state index is 12.5. The van der Waals surface area contributed by atoms with Crippen LogP contribution in [0.3, 0.4) is 0 Å². The Labute approximate surface area is 151 Å². The summed E-state index contributed by atoms with van der Waals surface area (Å²) in [5, 5.41) is 7.08. The lowest BCUT2D eigenvalue weighted by Gasteiger charge is -2.03. The third-order valence-corrected chi connectivity index (χ3v) is 4.05. The second-order valence-electron chi connectivity index (χ2n) is 5.85. The minimum Gasteiger partial charge on any atom is -0.497 e. The molecule has 0 unspecified atom stereocenters. The van der Waals surface area contributed by atoms with Crippen molar-refractivity contribution < 1.29 is 14.3 Å². The van der Waals surface area contributed by atoms with Gasteiger partial charge in [-0.2, -0.15) is 5.10 Å². The quantitative estimate of drug-likeness (QED) is 0.715. The van der Waals surface area contributed by atoms with Crippen LogP contribution < -0.4 is 10.1 Å². The first-order valence-electron chi connectivity index (χ1n) is 8.09. The lowest BCUT2D eigenvalue weighted by molar-refractivity contribution is 0.101. The van der Waals surface area contributed by atoms with Gasteiger partial charge in [-0.05, 0) is 61.5 Å². The molecule has 6 heteroatoms. The van der Waals surface area contributed by atoms with E-state index in [1.807, 2.05) is 24.3 Å². The van der Waals surface area contributed by atoms with E-state index in [4.69, 9.17) is 4.74 Å². The van der Waals surface area contributed by atoms with Crippen LogP contribution in [0.5, 0.6) is 5.75 Å². The number of rotatable bonds is 5. The summed E-state index contributed by atoms with van der Waals surface area (Å²) in [5.41, 5.74) is 3.28. The fourth-order valence-corrected chi connectivity index (χ4v) is 2.59. The van der Waals surface area contributed by atoms with E-state index >= 15 is 0 Å². The highest BCUT2D eigenvalue weighted by molar-refractivity contribution is 6.03. The Morgan fingerprint density at radius 3 is 2.27 bits per heavy atom. The Bertz CT molecular complexity index is 941. The first-order valence-corrected chi connectivity index (χ1v) is 8.09. The fourth-order valence-electron chi connectivity index (χ4n) is 2.59. The zero-order chi connectivity index (χ0) is 18.7. The standard InChI is InChI=1S/C20H19N3O3/c1-13(24)14-4-8-16(9-5-14)21-20(25)18-12-19(23(2)22-18)15-6-10-17(26-3)11-7-15/h4-12H,1-3H3,(H,21,25). The normalized spacial score (nSPS) is 10.4. The molecular formula is C20H19N3O3. The molecule has 0 saturated carbocycles. The van der Waals surface area contributed by atoms with Gasteiger partial charge in [0.05, 0.1) is 12.8 Å². The number of aryl methyl sites for hydroxylation is 1. The van der Waals surface area contributed by atoms with E-state index in [0.717, 1.165) is 17.0 Å². The van der Waals surface area contributed by atoms with E-state index in [9.17, 15) is 9.59 Å². The molecule has 1 amide bonds. The maximum Gasteiger partial charge on any atom is 0.276 e. The van der Waals surface area contributed by atoms with Crippen molar-refractivity contribution in [3.63, 3.8) is 0 Å². The second kappa shape index (κ2) is 7.23. The van der Waals surface area contributed by atoms with Crippen LogP contribution in [-0.2, 0) is 7.05 Å². The molecule has 132 valence electrons. The number of carbonyl (C=O) groups is 2. The lowest BCUT2D eigenvalue weighted by atomic mass is 10.1. The number of hydrogen-bond donors (Lipinski definition) is 1. The lowest BCUT2D eigenvalue weighted by Crippen LogP contribution is -2.13. The minimum absolute atomic E-state index is 0.0169. The number of ether oxygens (including phenoxy) is 1. The van der Waals surface area contributed by atoms with Crippen LogP contribution in [0.4, 0.5) is 5.69 Å². The molecule has 1 aromatic heterocycles. The van der Waals surface area contributed by atoms with Gasteiger partial charge in [0.25, 0.3) is 5.91 Å². The third-order valence-electron chi connectivity index (χ3n) is 4.05. The van der Waals surface area contributed by atoms with Gasteiger partial charge in [0.15, 0.2) is 11.5 Å². The largest absolute Gasteiger partial charge is 0.497 e. The molecule has 3 aromatic rings. The Morgan fingerprint density at radius 2 is 1.69 bits per heavy atom. The maximum absolute atomic E-state index is 12.5. The third kappa shape index (κ3) is 3.64. The van der Waals surface area contributed by atoms with Crippen molar-refractivity contribution >= 4 is 17.4 Å². The fraction of sp³-hybridized carbons (Fsp3) is 0.150. The summed E-state index contributed by atoms with van der Waals surface area (Å²) < 4.78 is 6.82. The molecule has 0 spiro atoms. The molecule has 0 radical (unpaired) electrons. The molecule has 0 bridgehead atoms. The first-order chi connectivity index (χ1) is 12.5. The van der Waals surface area contributed by atoms with Crippen LogP contribution in [0.25, 0.3) is 11.3 Å². The van der Waals surface area contributed by atoms with E-state index in [-0.39, 0.29) is 11.7 Å². The molecule has 0 aliphatic carbocycles. The molecule has 3 rings (SSSR count). The van der Waals surface area contributed by atoms with Crippen molar-refractivity contribution in [2.24, 2.45) is 7.05 Å². The SMILES string of the molecule is COc1ccc(-c2cc(C(=O)Nc3ccc(C(C)=O)cc3)nn2C)cc1. The first kappa shape index (κ1) is 17.4. The minimum atomic E-state index is -0.309. The number of ketones is 1. The molecule has 6 nitrogen and oxygen atoms in total. The van der Waals surface area contributed by atoms with Crippen LogP contribution in [0.2, 0.25) is 0 Å². The van der Waals surface area contributed by atoms with Gasteiger partial charge in [-0.15, -0.1) is 0 Å². The van der Waals surface area contributed by atoms with E-state index in [1.54, 1.807) is 49.2 Å². The van der Waals surface area contributed by atoms with E-state index < -0.39 is 0 Å². The van der Waals surface area contributed by atoms with Crippen molar-refractivity contribution in [3.8, 4) is 17.0 Å². The summed E-state index contributed by atoms with van der Waals surface area (Å²) in [4.78, 5) is 23.8. The summed E-state index contributed by atoms with van der Waals surface area (Å²) in [6.07, 6.45) is 0. The van der Waals surface area contributed by atoms with Crippen molar-refractivity contribution in [1.82, 2.24) is 9.78 Å². The average molecular weight is 349 g/mol. The molecule has 0 aliphatic rings. The Balaban J connectivity index is 1.78. The van der Waals surface area contributed by atoms with Crippen LogP contribution in [0.15, 0.2) is 54.6 Å². The van der Waals surface area contributed by atoms with Gasteiger partial charge in [0.2, 0.25) is 0 Å². The highest BCUT2D eigenvalue weighted by Gasteiger charge is 2.14. The van der Waals surface area contributed by atoms with Crippen molar-refractivity contribution in [2.45, 2.75) is 6.92 Å². The number of hydrogen-bond acceptors (Lipinski definition) is 4. The van der Waals surface area contributed by atoms with Crippen molar-refractivity contribution in [3.05, 3.63) is 65.9 Å². The highest BCUT2D eigenvalue weighted by atomic mass is 16.5. The summed E-state index contributed by atoms with van der Waals surface area (Å²) in [5.74, 6) is 0.440. The summed E-state index contributed by atoms with van der Waals surface area (Å²) in [6.45, 7) is 1.50. The molecule has 2 aromatic carbocycles. The van der Waals surface area contributed by atoms with Crippen molar-refractivity contribution in [1.29, 1.82) is 0 Å². The van der Waals surface area contributed by atoms with Gasteiger partial charge in [-0.1, -0.05) is 0 Å². The molecule has 26 heavy (non-hydrogen) atoms. The Morgan fingerprint density at radius 1 is 1.04 bits per heavy atom.